The Bertz CT molecular complexity index is 1340. The van der Waals surface area contributed by atoms with E-state index in [4.69, 9.17) is 18.9 Å². The molecule has 0 radical (unpaired) electrons. The van der Waals surface area contributed by atoms with E-state index in [2.05, 4.69) is 55.1 Å². The standard InChI is InChI=1S/C34H42N2O5/c1-5-6-16-36(29-12-9-10-24(2)17-29)33(37)22-35-21-27(26-19-31(39-4)34-32(20-26)40-23-41-34)18-28(35)15-14-25-11-7-8-13-30(25)38-3/h7-13,17,19-20,27-28H,5-6,14-16,18,21-23H2,1-4H3. The van der Waals surface area contributed by atoms with Crippen molar-refractivity contribution in [3.63, 3.8) is 0 Å². The second kappa shape index (κ2) is 13.3. The fraction of sp³-hybridized carbons (Fsp3) is 0.441. The van der Waals surface area contributed by atoms with Gasteiger partial charge in [-0.15, -0.1) is 0 Å². The van der Waals surface area contributed by atoms with Crippen LogP contribution in [-0.4, -0.2) is 57.5 Å². The first kappa shape index (κ1) is 28.8. The molecular weight excluding hydrogens is 516 g/mol. The van der Waals surface area contributed by atoms with Crippen LogP contribution in [0, 0.1) is 6.92 Å². The SMILES string of the molecule is CCCCN(C(=O)CN1CC(c2cc(OC)c3c(c2)OCO3)CC1CCc1ccccc1OC)c1cccc(C)c1. The van der Waals surface area contributed by atoms with Crippen LogP contribution in [0.25, 0.3) is 0 Å². The Balaban J connectivity index is 1.39. The van der Waals surface area contributed by atoms with E-state index in [1.54, 1.807) is 14.2 Å². The fourth-order valence-corrected chi connectivity index (χ4v) is 6.11. The third-order valence-electron chi connectivity index (χ3n) is 8.31. The lowest BCUT2D eigenvalue weighted by atomic mass is 9.93. The summed E-state index contributed by atoms with van der Waals surface area (Å²) in [5.41, 5.74) is 4.48. The first-order valence-corrected chi connectivity index (χ1v) is 14.7. The third kappa shape index (κ3) is 6.62. The summed E-state index contributed by atoms with van der Waals surface area (Å²) in [6, 6.07) is 20.9. The number of fused-ring (bicyclic) bond motifs is 1. The van der Waals surface area contributed by atoms with Crippen LogP contribution >= 0.6 is 0 Å². The molecule has 7 nitrogen and oxygen atoms in total. The zero-order chi connectivity index (χ0) is 28.8. The average Bonchev–Trinajstić information content (AvgIpc) is 3.63. The van der Waals surface area contributed by atoms with Crippen LogP contribution in [0.15, 0.2) is 60.7 Å². The van der Waals surface area contributed by atoms with Gasteiger partial charge in [0.1, 0.15) is 5.75 Å². The summed E-state index contributed by atoms with van der Waals surface area (Å²) < 4.78 is 22.6. The normalized spacial score (nSPS) is 18.0. The van der Waals surface area contributed by atoms with Gasteiger partial charge < -0.3 is 23.8 Å². The Morgan fingerprint density at radius 1 is 1.02 bits per heavy atom. The number of hydrogen-bond acceptors (Lipinski definition) is 6. The van der Waals surface area contributed by atoms with E-state index in [1.165, 1.54) is 5.56 Å². The Labute approximate surface area is 244 Å². The predicted molar refractivity (Wildman–Crippen MR) is 162 cm³/mol. The van der Waals surface area contributed by atoms with Crippen molar-refractivity contribution < 1.29 is 23.7 Å². The number of methoxy groups -OCH3 is 2. The van der Waals surface area contributed by atoms with Crippen molar-refractivity contribution in [3.05, 3.63) is 77.4 Å². The van der Waals surface area contributed by atoms with Gasteiger partial charge in [-0.1, -0.05) is 43.7 Å². The van der Waals surface area contributed by atoms with E-state index >= 15 is 0 Å². The number of carbonyl (C=O) groups is 1. The number of anilines is 1. The van der Waals surface area contributed by atoms with Gasteiger partial charge in [-0.25, -0.2) is 0 Å². The maximum atomic E-state index is 13.9. The molecule has 0 aliphatic carbocycles. The van der Waals surface area contributed by atoms with Crippen LogP contribution in [0.2, 0.25) is 0 Å². The molecule has 3 aromatic rings. The van der Waals surface area contributed by atoms with Crippen LogP contribution in [0.4, 0.5) is 5.69 Å². The summed E-state index contributed by atoms with van der Waals surface area (Å²) in [4.78, 5) is 18.3. The van der Waals surface area contributed by atoms with Crippen LogP contribution in [-0.2, 0) is 11.2 Å². The molecule has 5 rings (SSSR count). The van der Waals surface area contributed by atoms with Crippen molar-refractivity contribution in [3.8, 4) is 23.0 Å². The summed E-state index contributed by atoms with van der Waals surface area (Å²) >= 11 is 0. The van der Waals surface area contributed by atoms with E-state index in [0.717, 1.165) is 73.5 Å². The van der Waals surface area contributed by atoms with Gasteiger partial charge >= 0.3 is 0 Å². The molecule has 0 bridgehead atoms. The van der Waals surface area contributed by atoms with Crippen molar-refractivity contribution in [1.82, 2.24) is 4.90 Å². The molecule has 0 saturated carbocycles. The van der Waals surface area contributed by atoms with Gasteiger partial charge in [-0.05, 0) is 85.5 Å². The molecule has 218 valence electrons. The first-order valence-electron chi connectivity index (χ1n) is 14.7. The molecule has 2 aliphatic rings. The Morgan fingerprint density at radius 2 is 1.85 bits per heavy atom. The van der Waals surface area contributed by atoms with Crippen LogP contribution in [0.5, 0.6) is 23.0 Å². The van der Waals surface area contributed by atoms with Crippen molar-refractivity contribution in [2.45, 2.75) is 57.9 Å². The topological polar surface area (TPSA) is 60.5 Å². The molecule has 2 atom stereocenters. The zero-order valence-corrected chi connectivity index (χ0v) is 24.7. The molecule has 0 N–H and O–H groups in total. The number of hydrogen-bond donors (Lipinski definition) is 0. The molecule has 1 amide bonds. The number of para-hydroxylation sites is 1. The molecule has 3 aromatic carbocycles. The maximum Gasteiger partial charge on any atom is 0.241 e. The third-order valence-corrected chi connectivity index (χ3v) is 8.31. The van der Waals surface area contributed by atoms with E-state index < -0.39 is 0 Å². The molecule has 7 heteroatoms. The van der Waals surface area contributed by atoms with Gasteiger partial charge in [0.25, 0.3) is 0 Å². The van der Waals surface area contributed by atoms with Gasteiger partial charge in [-0.2, -0.15) is 0 Å². The molecule has 41 heavy (non-hydrogen) atoms. The summed E-state index contributed by atoms with van der Waals surface area (Å²) in [5.74, 6) is 3.39. The number of ether oxygens (including phenoxy) is 4. The molecule has 2 unspecified atom stereocenters. The smallest absolute Gasteiger partial charge is 0.241 e. The highest BCUT2D eigenvalue weighted by molar-refractivity contribution is 5.95. The molecule has 0 aromatic heterocycles. The predicted octanol–water partition coefficient (Wildman–Crippen LogP) is 6.36. The quantitative estimate of drug-likeness (QED) is 0.258. The highest BCUT2D eigenvalue weighted by Crippen LogP contribution is 2.45. The number of amides is 1. The van der Waals surface area contributed by atoms with Crippen molar-refractivity contribution >= 4 is 11.6 Å². The lowest BCUT2D eigenvalue weighted by Gasteiger charge is -2.29. The molecule has 1 fully saturated rings. The lowest BCUT2D eigenvalue weighted by Crippen LogP contribution is -2.43. The van der Waals surface area contributed by atoms with Gasteiger partial charge in [0.05, 0.1) is 20.8 Å². The van der Waals surface area contributed by atoms with Crippen LogP contribution in [0.3, 0.4) is 0 Å². The molecule has 1 saturated heterocycles. The number of nitrogens with zero attached hydrogens (tertiary/aromatic N) is 2. The number of rotatable bonds is 12. The second-order valence-electron chi connectivity index (χ2n) is 11.1. The zero-order valence-electron chi connectivity index (χ0n) is 24.7. The highest BCUT2D eigenvalue weighted by Gasteiger charge is 2.36. The van der Waals surface area contributed by atoms with E-state index in [1.807, 2.05) is 29.2 Å². The molecular formula is C34H42N2O5. The average molecular weight is 559 g/mol. The number of benzene rings is 3. The maximum absolute atomic E-state index is 13.9. The van der Waals surface area contributed by atoms with Gasteiger partial charge in [0, 0.05) is 24.8 Å². The minimum atomic E-state index is 0.148. The minimum absolute atomic E-state index is 0.148. The fourth-order valence-electron chi connectivity index (χ4n) is 6.11. The molecule has 0 spiro atoms. The van der Waals surface area contributed by atoms with E-state index in [0.29, 0.717) is 18.0 Å². The monoisotopic (exact) mass is 558 g/mol. The van der Waals surface area contributed by atoms with Crippen molar-refractivity contribution in [1.29, 1.82) is 0 Å². The van der Waals surface area contributed by atoms with Crippen molar-refractivity contribution in [2.75, 3.05) is 45.5 Å². The van der Waals surface area contributed by atoms with Gasteiger partial charge in [-0.3, -0.25) is 9.69 Å². The molecule has 2 heterocycles. The number of unbranched alkanes of at least 4 members (excludes halogenated alkanes) is 1. The first-order chi connectivity index (χ1) is 20.0. The molecule has 2 aliphatic heterocycles. The van der Waals surface area contributed by atoms with Gasteiger partial charge in [0.15, 0.2) is 11.5 Å². The highest BCUT2D eigenvalue weighted by atomic mass is 16.7. The summed E-state index contributed by atoms with van der Waals surface area (Å²) in [7, 11) is 3.38. The minimum Gasteiger partial charge on any atom is -0.496 e. The van der Waals surface area contributed by atoms with Crippen LogP contribution < -0.4 is 23.8 Å². The van der Waals surface area contributed by atoms with Gasteiger partial charge in [0.2, 0.25) is 18.4 Å². The van der Waals surface area contributed by atoms with E-state index in [-0.39, 0.29) is 24.7 Å². The largest absolute Gasteiger partial charge is 0.496 e. The Kier molecular flexibility index (Phi) is 9.35. The van der Waals surface area contributed by atoms with Crippen molar-refractivity contribution in [2.24, 2.45) is 0 Å². The van der Waals surface area contributed by atoms with E-state index in [9.17, 15) is 4.79 Å². The Hall–Kier alpha value is -3.71. The second-order valence-corrected chi connectivity index (χ2v) is 11.1. The summed E-state index contributed by atoms with van der Waals surface area (Å²) in [6.07, 6.45) is 4.77. The van der Waals surface area contributed by atoms with Crippen LogP contribution in [0.1, 0.15) is 55.2 Å². The lowest BCUT2D eigenvalue weighted by molar-refractivity contribution is -0.120. The number of likely N-dealkylation sites (tertiary alicyclic amines) is 1. The summed E-state index contributed by atoms with van der Waals surface area (Å²) in [5, 5.41) is 0. The Morgan fingerprint density at radius 3 is 2.63 bits per heavy atom. The number of aryl methyl sites for hydroxylation is 2. The number of carbonyl (C=O) groups excluding carboxylic acids is 1. The summed E-state index contributed by atoms with van der Waals surface area (Å²) in [6.45, 7) is 6.34.